The van der Waals surface area contributed by atoms with Gasteiger partial charge in [0, 0.05) is 12.1 Å². The second kappa shape index (κ2) is 17.3. The Hall–Kier alpha value is -2.85. The number of carbonyl (C=O) groups is 1. The molecule has 0 bridgehead atoms. The third kappa shape index (κ3) is 10.1. The van der Waals surface area contributed by atoms with Crippen LogP contribution in [-0.2, 0) is 22.3 Å². The van der Waals surface area contributed by atoms with Crippen molar-refractivity contribution >= 4 is 40.7 Å². The van der Waals surface area contributed by atoms with E-state index in [-0.39, 0.29) is 24.0 Å². The Bertz CT molecular complexity index is 1460. The molecule has 3 aromatic rings. The van der Waals surface area contributed by atoms with Crippen LogP contribution in [0.4, 0.5) is 13.2 Å². The Kier molecular flexibility index (Phi) is 13.6. The fourth-order valence-electron chi connectivity index (χ4n) is 5.79. The number of ether oxygens (including phenoxy) is 2. The molecule has 0 amide bonds. The van der Waals surface area contributed by atoms with Crippen LogP contribution in [0.2, 0.25) is 0 Å². The molecular weight excluding hydrogens is 702 g/mol. The predicted molar refractivity (Wildman–Crippen MR) is 189 cm³/mol. The van der Waals surface area contributed by atoms with E-state index in [1.165, 1.54) is 12.1 Å². The Morgan fingerprint density at radius 1 is 1.00 bits per heavy atom. The molecule has 0 saturated carbocycles. The SMILES string of the molecule is Cc1c(/C=C/c2cc(OCCCCCI)c(CN3CCCC[C@H]3C(=O)OCC(C)C)cc2C(F)(F)F)cccc1-c1ccccc1. The molecule has 248 valence electrons. The average molecular weight is 748 g/mol. The van der Waals surface area contributed by atoms with Crippen LogP contribution in [0.25, 0.3) is 23.3 Å². The Morgan fingerprint density at radius 3 is 2.48 bits per heavy atom. The van der Waals surface area contributed by atoms with E-state index in [0.29, 0.717) is 37.5 Å². The van der Waals surface area contributed by atoms with Gasteiger partial charge >= 0.3 is 12.1 Å². The zero-order valence-electron chi connectivity index (χ0n) is 27.0. The van der Waals surface area contributed by atoms with Crippen molar-refractivity contribution in [1.29, 1.82) is 0 Å². The first-order valence-corrected chi connectivity index (χ1v) is 17.8. The molecule has 0 radical (unpaired) electrons. The number of esters is 1. The lowest BCUT2D eigenvalue weighted by molar-refractivity contribution is -0.153. The van der Waals surface area contributed by atoms with E-state index >= 15 is 0 Å². The van der Waals surface area contributed by atoms with Crippen LogP contribution >= 0.6 is 22.6 Å². The van der Waals surface area contributed by atoms with Crippen molar-refractivity contribution in [2.45, 2.75) is 78.1 Å². The molecule has 0 unspecified atom stereocenters. The van der Waals surface area contributed by atoms with E-state index in [2.05, 4.69) is 22.6 Å². The van der Waals surface area contributed by atoms with E-state index in [9.17, 15) is 18.0 Å². The largest absolute Gasteiger partial charge is 0.493 e. The van der Waals surface area contributed by atoms with E-state index in [1.54, 1.807) is 12.2 Å². The highest BCUT2D eigenvalue weighted by atomic mass is 127. The Balaban J connectivity index is 1.70. The third-order valence-electron chi connectivity index (χ3n) is 8.29. The number of alkyl halides is 4. The van der Waals surface area contributed by atoms with E-state index in [1.807, 2.05) is 74.2 Å². The van der Waals surface area contributed by atoms with Gasteiger partial charge in [-0.2, -0.15) is 13.2 Å². The van der Waals surface area contributed by atoms with Crippen LogP contribution in [0.3, 0.4) is 0 Å². The van der Waals surface area contributed by atoms with Crippen LogP contribution in [-0.4, -0.2) is 41.1 Å². The normalized spacial score (nSPS) is 15.9. The summed E-state index contributed by atoms with van der Waals surface area (Å²) in [5.41, 5.74) is 3.69. The van der Waals surface area contributed by atoms with Crippen LogP contribution in [0.1, 0.15) is 80.2 Å². The van der Waals surface area contributed by atoms with Gasteiger partial charge in [-0.25, -0.2) is 0 Å². The first kappa shape index (κ1) is 36.0. The summed E-state index contributed by atoms with van der Waals surface area (Å²) < 4.78 is 56.7. The summed E-state index contributed by atoms with van der Waals surface area (Å²) >= 11 is 2.34. The summed E-state index contributed by atoms with van der Waals surface area (Å²) in [5.74, 6) is 0.322. The van der Waals surface area contributed by atoms with Gasteiger partial charge in [-0.15, -0.1) is 0 Å². The van der Waals surface area contributed by atoms with Gasteiger partial charge in [0.05, 0.1) is 18.8 Å². The molecular formula is C38H45F3INO3. The monoisotopic (exact) mass is 747 g/mol. The highest BCUT2D eigenvalue weighted by molar-refractivity contribution is 14.1. The fourth-order valence-corrected chi connectivity index (χ4v) is 6.33. The van der Waals surface area contributed by atoms with Crippen LogP contribution < -0.4 is 4.74 Å². The minimum absolute atomic E-state index is 0.0505. The van der Waals surface area contributed by atoms with Gasteiger partial charge in [0.25, 0.3) is 0 Å². The number of hydrogen-bond acceptors (Lipinski definition) is 4. The molecule has 1 aliphatic heterocycles. The number of nitrogens with zero attached hydrogens (tertiary/aromatic N) is 1. The maximum atomic E-state index is 14.6. The minimum Gasteiger partial charge on any atom is -0.493 e. The summed E-state index contributed by atoms with van der Waals surface area (Å²) in [7, 11) is 0. The Morgan fingerprint density at radius 2 is 1.76 bits per heavy atom. The molecule has 0 spiro atoms. The zero-order valence-corrected chi connectivity index (χ0v) is 29.2. The lowest BCUT2D eigenvalue weighted by atomic mass is 9.95. The molecule has 1 atom stereocenters. The molecule has 0 N–H and O–H groups in total. The number of unbranched alkanes of at least 4 members (excludes halogenated alkanes) is 2. The maximum Gasteiger partial charge on any atom is 0.417 e. The minimum atomic E-state index is -4.58. The van der Waals surface area contributed by atoms with Gasteiger partial charge in [-0.3, -0.25) is 9.69 Å². The first-order chi connectivity index (χ1) is 22.1. The van der Waals surface area contributed by atoms with Crippen molar-refractivity contribution in [1.82, 2.24) is 4.90 Å². The van der Waals surface area contributed by atoms with Crippen molar-refractivity contribution in [3.8, 4) is 16.9 Å². The second-order valence-corrected chi connectivity index (χ2v) is 13.4. The van der Waals surface area contributed by atoms with Gasteiger partial charge in [0.1, 0.15) is 11.8 Å². The number of likely N-dealkylation sites (tertiary alicyclic amines) is 1. The summed E-state index contributed by atoms with van der Waals surface area (Å²) in [4.78, 5) is 15.0. The number of hydrogen-bond donors (Lipinski definition) is 0. The zero-order chi connectivity index (χ0) is 33.1. The van der Waals surface area contributed by atoms with E-state index in [0.717, 1.165) is 58.8 Å². The molecule has 1 aliphatic rings. The molecule has 4 rings (SSSR count). The number of rotatable bonds is 14. The molecule has 4 nitrogen and oxygen atoms in total. The molecule has 1 saturated heterocycles. The van der Waals surface area contributed by atoms with Crippen LogP contribution in [0, 0.1) is 12.8 Å². The van der Waals surface area contributed by atoms with Crippen LogP contribution in [0.5, 0.6) is 5.75 Å². The lowest BCUT2D eigenvalue weighted by Crippen LogP contribution is -2.45. The Labute approximate surface area is 285 Å². The second-order valence-electron chi connectivity index (χ2n) is 12.4. The summed E-state index contributed by atoms with van der Waals surface area (Å²) in [6.07, 6.45) is 3.94. The van der Waals surface area contributed by atoms with Gasteiger partial charge in [-0.05, 0) is 95.9 Å². The van der Waals surface area contributed by atoms with E-state index < -0.39 is 17.8 Å². The summed E-state index contributed by atoms with van der Waals surface area (Å²) in [6.45, 7) is 7.46. The van der Waals surface area contributed by atoms with Crippen molar-refractivity contribution in [3.63, 3.8) is 0 Å². The van der Waals surface area contributed by atoms with Crippen molar-refractivity contribution in [2.24, 2.45) is 5.92 Å². The number of halogens is 4. The smallest absolute Gasteiger partial charge is 0.417 e. The summed E-state index contributed by atoms with van der Waals surface area (Å²) in [5, 5.41) is 0. The van der Waals surface area contributed by atoms with Gasteiger partial charge in [0.2, 0.25) is 0 Å². The molecule has 1 heterocycles. The third-order valence-corrected chi connectivity index (χ3v) is 9.06. The summed E-state index contributed by atoms with van der Waals surface area (Å²) in [6, 6.07) is 18.1. The number of piperidine rings is 1. The van der Waals surface area contributed by atoms with Gasteiger partial charge < -0.3 is 9.47 Å². The molecule has 1 fully saturated rings. The molecule has 0 aliphatic carbocycles. The highest BCUT2D eigenvalue weighted by Crippen LogP contribution is 2.38. The number of carbonyl (C=O) groups excluding carboxylic acids is 1. The molecule has 46 heavy (non-hydrogen) atoms. The average Bonchev–Trinajstić information content (AvgIpc) is 3.04. The highest BCUT2D eigenvalue weighted by Gasteiger charge is 2.36. The first-order valence-electron chi connectivity index (χ1n) is 16.2. The van der Waals surface area contributed by atoms with E-state index in [4.69, 9.17) is 9.47 Å². The maximum absolute atomic E-state index is 14.6. The van der Waals surface area contributed by atoms with Crippen molar-refractivity contribution in [3.05, 3.63) is 88.5 Å². The fraction of sp³-hybridized carbons (Fsp3) is 0.447. The van der Waals surface area contributed by atoms with Gasteiger partial charge in [0.15, 0.2) is 0 Å². The van der Waals surface area contributed by atoms with Gasteiger partial charge in [-0.1, -0.05) is 104 Å². The lowest BCUT2D eigenvalue weighted by Gasteiger charge is -2.34. The topological polar surface area (TPSA) is 38.8 Å². The quantitative estimate of drug-likeness (QED) is 0.0541. The molecule has 3 aromatic carbocycles. The van der Waals surface area contributed by atoms with Crippen molar-refractivity contribution < 1.29 is 27.4 Å². The molecule has 0 aromatic heterocycles. The standard InChI is InChI=1S/C38H45F3INO3/c1-27(2)26-46-37(44)35-17-8-10-21-43(35)25-32-23-34(38(39,40)41)31(24-36(32)45-22-11-5-9-20-42)19-18-29-15-12-16-33(28(29)3)30-13-6-4-7-14-30/h4,6-7,12-16,18-19,23-24,27,35H,5,8-11,17,20-22,25-26H2,1-3H3/b19-18+/t35-/m0/s1. The predicted octanol–water partition coefficient (Wildman–Crippen LogP) is 10.4. The van der Waals surface area contributed by atoms with Crippen molar-refractivity contribution in [2.75, 3.05) is 24.2 Å². The number of benzene rings is 3. The molecule has 8 heteroatoms. The van der Waals surface area contributed by atoms with Crippen LogP contribution in [0.15, 0.2) is 60.7 Å².